The fourth-order valence-electron chi connectivity index (χ4n) is 2.67. The third-order valence-corrected chi connectivity index (χ3v) is 4.34. The van der Waals surface area contributed by atoms with E-state index in [9.17, 15) is 0 Å². The Morgan fingerprint density at radius 2 is 1.80 bits per heavy atom. The summed E-state index contributed by atoms with van der Waals surface area (Å²) in [6, 6.07) is 6.33. The summed E-state index contributed by atoms with van der Waals surface area (Å²) < 4.78 is 0. The van der Waals surface area contributed by atoms with E-state index in [1.807, 2.05) is 18.2 Å². The highest BCUT2D eigenvalue weighted by Gasteiger charge is 2.12. The molecule has 0 aromatic heterocycles. The molecule has 1 saturated carbocycles. The van der Waals surface area contributed by atoms with Crippen LogP contribution in [0.5, 0.6) is 0 Å². The van der Waals surface area contributed by atoms with Crippen LogP contribution >= 0.6 is 23.8 Å². The number of nitrogens with one attached hydrogen (secondary N) is 2. The molecule has 1 fully saturated rings. The van der Waals surface area contributed by atoms with E-state index in [-0.39, 0.29) is 0 Å². The number of thiocarbonyl (C=S) groups is 1. The Labute approximate surface area is 132 Å². The van der Waals surface area contributed by atoms with Gasteiger partial charge in [0.15, 0.2) is 5.11 Å². The highest BCUT2D eigenvalue weighted by Crippen LogP contribution is 2.21. The summed E-state index contributed by atoms with van der Waals surface area (Å²) in [5.74, 6) is 0. The van der Waals surface area contributed by atoms with E-state index in [0.29, 0.717) is 11.2 Å². The second-order valence-electron chi connectivity index (χ2n) is 5.60. The maximum atomic E-state index is 6.03. The van der Waals surface area contributed by atoms with Gasteiger partial charge in [-0.25, -0.2) is 0 Å². The van der Waals surface area contributed by atoms with Crippen molar-refractivity contribution in [3.8, 4) is 0 Å². The Bertz CT molecular complexity index is 454. The summed E-state index contributed by atoms with van der Waals surface area (Å²) in [6.45, 7) is 2.05. The van der Waals surface area contributed by atoms with Crippen LogP contribution < -0.4 is 10.6 Å². The third kappa shape index (κ3) is 4.95. The van der Waals surface area contributed by atoms with Crippen LogP contribution in [0.15, 0.2) is 18.2 Å². The second kappa shape index (κ2) is 7.84. The number of anilines is 1. The van der Waals surface area contributed by atoms with Crippen molar-refractivity contribution in [1.82, 2.24) is 5.32 Å². The molecule has 0 bridgehead atoms. The van der Waals surface area contributed by atoms with Crippen molar-refractivity contribution in [3.63, 3.8) is 0 Å². The van der Waals surface area contributed by atoms with E-state index >= 15 is 0 Å². The third-order valence-electron chi connectivity index (χ3n) is 3.89. The van der Waals surface area contributed by atoms with Crippen LogP contribution in [0, 0.1) is 6.92 Å². The Morgan fingerprint density at radius 3 is 2.50 bits per heavy atom. The molecule has 1 aromatic carbocycles. The lowest BCUT2D eigenvalue weighted by Crippen LogP contribution is -2.38. The van der Waals surface area contributed by atoms with Gasteiger partial charge in [0.2, 0.25) is 0 Å². The second-order valence-corrected chi connectivity index (χ2v) is 6.44. The number of rotatable bonds is 2. The number of hydrogen-bond donors (Lipinski definition) is 2. The largest absolute Gasteiger partial charge is 0.360 e. The average Bonchev–Trinajstić information content (AvgIpc) is 2.37. The molecule has 0 amide bonds. The molecule has 0 saturated heterocycles. The highest BCUT2D eigenvalue weighted by molar-refractivity contribution is 7.80. The Kier molecular flexibility index (Phi) is 6.11. The zero-order chi connectivity index (χ0) is 14.4. The lowest BCUT2D eigenvalue weighted by Gasteiger charge is -2.23. The van der Waals surface area contributed by atoms with Crippen LogP contribution in [-0.4, -0.2) is 11.2 Å². The quantitative estimate of drug-likeness (QED) is 0.748. The minimum atomic E-state index is 0.509. The van der Waals surface area contributed by atoms with Crippen molar-refractivity contribution in [1.29, 1.82) is 0 Å². The Balaban J connectivity index is 1.89. The summed E-state index contributed by atoms with van der Waals surface area (Å²) in [7, 11) is 0. The predicted octanol–water partition coefficient (Wildman–Crippen LogP) is 5.05. The first-order valence-electron chi connectivity index (χ1n) is 7.49. The molecule has 0 spiro atoms. The monoisotopic (exact) mass is 310 g/mol. The van der Waals surface area contributed by atoms with E-state index in [0.717, 1.165) is 16.3 Å². The van der Waals surface area contributed by atoms with Crippen LogP contribution in [0.25, 0.3) is 0 Å². The van der Waals surface area contributed by atoms with Gasteiger partial charge in [-0.05, 0) is 49.7 Å². The molecule has 110 valence electrons. The first-order chi connectivity index (χ1) is 9.65. The Morgan fingerprint density at radius 1 is 1.15 bits per heavy atom. The smallest absolute Gasteiger partial charge is 0.171 e. The molecule has 1 aliphatic rings. The minimum absolute atomic E-state index is 0.509. The molecule has 2 N–H and O–H groups in total. The normalized spacial score (nSPS) is 17.1. The molecule has 1 aromatic rings. The van der Waals surface area contributed by atoms with Gasteiger partial charge in [0, 0.05) is 16.8 Å². The van der Waals surface area contributed by atoms with Gasteiger partial charge in [-0.1, -0.05) is 49.8 Å². The fraction of sp³-hybridized carbons (Fsp3) is 0.562. The summed E-state index contributed by atoms with van der Waals surface area (Å²) in [5.41, 5.74) is 2.14. The molecule has 0 radical (unpaired) electrons. The van der Waals surface area contributed by atoms with Gasteiger partial charge in [-0.3, -0.25) is 0 Å². The Hall–Kier alpha value is -0.800. The molecule has 0 aliphatic heterocycles. The molecule has 4 heteroatoms. The highest BCUT2D eigenvalue weighted by atomic mass is 35.5. The first-order valence-corrected chi connectivity index (χ1v) is 8.27. The average molecular weight is 311 g/mol. The van der Waals surface area contributed by atoms with Crippen molar-refractivity contribution in [2.24, 2.45) is 0 Å². The summed E-state index contributed by atoms with van der Waals surface area (Å²) in [5, 5.41) is 8.17. The van der Waals surface area contributed by atoms with Gasteiger partial charge in [0.25, 0.3) is 0 Å². The van der Waals surface area contributed by atoms with Crippen molar-refractivity contribution in [2.75, 3.05) is 5.32 Å². The van der Waals surface area contributed by atoms with E-state index in [4.69, 9.17) is 23.8 Å². The summed E-state index contributed by atoms with van der Waals surface area (Å²) >= 11 is 11.5. The molecular formula is C16H23ClN2S. The van der Waals surface area contributed by atoms with Gasteiger partial charge in [0.1, 0.15) is 0 Å². The zero-order valence-corrected chi connectivity index (χ0v) is 13.6. The van der Waals surface area contributed by atoms with Gasteiger partial charge >= 0.3 is 0 Å². The van der Waals surface area contributed by atoms with E-state index in [2.05, 4.69) is 17.6 Å². The molecule has 0 atom stereocenters. The van der Waals surface area contributed by atoms with Gasteiger partial charge in [-0.2, -0.15) is 0 Å². The molecule has 0 heterocycles. The first kappa shape index (κ1) is 15.6. The lowest BCUT2D eigenvalue weighted by atomic mass is 9.97. The summed E-state index contributed by atoms with van der Waals surface area (Å²) in [6.07, 6.45) is 9.13. The van der Waals surface area contributed by atoms with Crippen LogP contribution in [0.2, 0.25) is 5.02 Å². The standard InChI is InChI=1S/C16H23ClN2S/c1-12-9-10-13(17)11-15(12)19-16(20)18-14-7-5-3-2-4-6-8-14/h9-11,14H,2-8H2,1H3,(H2,18,19,20). The molecule has 20 heavy (non-hydrogen) atoms. The van der Waals surface area contributed by atoms with Crippen LogP contribution in [-0.2, 0) is 0 Å². The maximum absolute atomic E-state index is 6.03. The van der Waals surface area contributed by atoms with E-state index in [1.165, 1.54) is 44.9 Å². The number of hydrogen-bond acceptors (Lipinski definition) is 1. The van der Waals surface area contributed by atoms with E-state index < -0.39 is 0 Å². The lowest BCUT2D eigenvalue weighted by molar-refractivity contribution is 0.430. The topological polar surface area (TPSA) is 24.1 Å². The van der Waals surface area contributed by atoms with Crippen LogP contribution in [0.1, 0.15) is 50.5 Å². The maximum Gasteiger partial charge on any atom is 0.171 e. The number of benzene rings is 1. The molecule has 2 nitrogen and oxygen atoms in total. The van der Waals surface area contributed by atoms with Crippen molar-refractivity contribution < 1.29 is 0 Å². The molecule has 2 rings (SSSR count). The zero-order valence-electron chi connectivity index (χ0n) is 12.0. The summed E-state index contributed by atoms with van der Waals surface area (Å²) in [4.78, 5) is 0. The van der Waals surface area contributed by atoms with Gasteiger partial charge in [-0.15, -0.1) is 0 Å². The minimum Gasteiger partial charge on any atom is -0.360 e. The fourth-order valence-corrected chi connectivity index (χ4v) is 3.12. The molecular weight excluding hydrogens is 288 g/mol. The predicted molar refractivity (Wildman–Crippen MR) is 91.7 cm³/mol. The van der Waals surface area contributed by atoms with Crippen molar-refractivity contribution >= 4 is 34.6 Å². The number of halogens is 1. The molecule has 1 aliphatic carbocycles. The molecule has 0 unspecified atom stereocenters. The van der Waals surface area contributed by atoms with Crippen molar-refractivity contribution in [2.45, 2.75) is 57.9 Å². The SMILES string of the molecule is Cc1ccc(Cl)cc1NC(=S)NC1CCCCCCC1. The van der Waals surface area contributed by atoms with Crippen LogP contribution in [0.3, 0.4) is 0 Å². The van der Waals surface area contributed by atoms with Crippen LogP contribution in [0.4, 0.5) is 5.69 Å². The van der Waals surface area contributed by atoms with Crippen molar-refractivity contribution in [3.05, 3.63) is 28.8 Å². The van der Waals surface area contributed by atoms with Gasteiger partial charge < -0.3 is 10.6 Å². The van der Waals surface area contributed by atoms with E-state index in [1.54, 1.807) is 0 Å². The van der Waals surface area contributed by atoms with Gasteiger partial charge in [0.05, 0.1) is 0 Å². The number of aryl methyl sites for hydroxylation is 1.